The summed E-state index contributed by atoms with van der Waals surface area (Å²) in [5.41, 5.74) is 20.6. The average molecular weight is 827 g/mol. The molecular formula is C62H54N2. The van der Waals surface area contributed by atoms with Gasteiger partial charge in [-0.25, -0.2) is 0 Å². The van der Waals surface area contributed by atoms with Gasteiger partial charge < -0.3 is 9.80 Å². The van der Waals surface area contributed by atoms with Crippen molar-refractivity contribution in [2.75, 3.05) is 9.80 Å². The largest absolute Gasteiger partial charge is 0.310 e. The van der Waals surface area contributed by atoms with E-state index in [2.05, 4.69) is 244 Å². The third kappa shape index (κ3) is 5.99. The lowest BCUT2D eigenvalue weighted by atomic mass is 9.74. The third-order valence-corrected chi connectivity index (χ3v) is 15.0. The minimum Gasteiger partial charge on any atom is -0.310 e. The molecule has 0 saturated heterocycles. The zero-order valence-corrected chi connectivity index (χ0v) is 37.4. The van der Waals surface area contributed by atoms with E-state index in [0.29, 0.717) is 0 Å². The summed E-state index contributed by atoms with van der Waals surface area (Å²) in [7, 11) is 0. The molecule has 0 unspecified atom stereocenters. The van der Waals surface area contributed by atoms with Crippen molar-refractivity contribution in [2.45, 2.75) is 64.2 Å². The van der Waals surface area contributed by atoms with Crippen LogP contribution >= 0.6 is 0 Å². The first-order chi connectivity index (χ1) is 31.5. The molecule has 0 aromatic heterocycles. The summed E-state index contributed by atoms with van der Waals surface area (Å²) in [4.78, 5) is 4.89. The molecule has 0 saturated carbocycles. The van der Waals surface area contributed by atoms with E-state index in [9.17, 15) is 0 Å². The first-order valence-corrected chi connectivity index (χ1v) is 23.3. The Morgan fingerprint density at radius 1 is 0.297 bits per heavy atom. The van der Waals surface area contributed by atoms with Crippen LogP contribution in [0.3, 0.4) is 0 Å². The Morgan fingerprint density at radius 2 is 0.703 bits per heavy atom. The van der Waals surface area contributed by atoms with Crippen LogP contribution in [0.25, 0.3) is 44.2 Å². The van der Waals surface area contributed by atoms with Gasteiger partial charge in [0.15, 0.2) is 0 Å². The van der Waals surface area contributed by atoms with Crippen molar-refractivity contribution < 1.29 is 0 Å². The minimum absolute atomic E-state index is 0.000535. The monoisotopic (exact) mass is 826 g/mol. The predicted octanol–water partition coefficient (Wildman–Crippen LogP) is 17.6. The maximum Gasteiger partial charge on any atom is 0.0540 e. The Labute approximate surface area is 379 Å². The van der Waals surface area contributed by atoms with E-state index in [1.54, 1.807) is 0 Å². The molecule has 0 atom stereocenters. The van der Waals surface area contributed by atoms with Crippen molar-refractivity contribution in [1.29, 1.82) is 0 Å². The molecule has 64 heavy (non-hydrogen) atoms. The van der Waals surface area contributed by atoms with E-state index in [-0.39, 0.29) is 10.8 Å². The summed E-state index contributed by atoms with van der Waals surface area (Å²) in [5.74, 6) is 0. The van der Waals surface area contributed by atoms with Gasteiger partial charge in [0.2, 0.25) is 0 Å². The second-order valence-electron chi connectivity index (χ2n) is 17.7. The first kappa shape index (κ1) is 39.7. The highest BCUT2D eigenvalue weighted by molar-refractivity contribution is 6.06. The van der Waals surface area contributed by atoms with Crippen molar-refractivity contribution in [3.63, 3.8) is 0 Å². The smallest absolute Gasteiger partial charge is 0.0540 e. The summed E-state index contributed by atoms with van der Waals surface area (Å²) >= 11 is 0. The van der Waals surface area contributed by atoms with Gasteiger partial charge in [-0.15, -0.1) is 0 Å². The number of para-hydroxylation sites is 2. The van der Waals surface area contributed by atoms with E-state index in [4.69, 9.17) is 0 Å². The quantitative estimate of drug-likeness (QED) is 0.128. The summed E-state index contributed by atoms with van der Waals surface area (Å²) in [6.07, 6.45) is 4.24. The zero-order valence-electron chi connectivity index (χ0n) is 37.4. The maximum atomic E-state index is 2.49. The topological polar surface area (TPSA) is 6.48 Å². The molecule has 9 aromatic rings. The van der Waals surface area contributed by atoms with Gasteiger partial charge in [-0.05, 0) is 153 Å². The standard InChI is InChI=1S/C62H54N2/c1-5-61(6-2)56-30-17-15-25-51(56)53-39-37-47(41-58(53)61)63(44-21-11-9-12-22-44)46-35-33-43(34-36-46)49-27-19-29-55-50(49)28-20-32-60(55)64(45-23-13-10-14-24-45)48-38-40-54-52-26-16-18-31-57(52)62(7-3,8-4)59(54)42-48/h9-42H,5-8H2,1-4H3. The lowest BCUT2D eigenvalue weighted by molar-refractivity contribution is 0.490. The van der Waals surface area contributed by atoms with E-state index in [1.165, 1.54) is 83.5 Å². The Hall–Kier alpha value is -7.16. The van der Waals surface area contributed by atoms with Gasteiger partial charge in [0.25, 0.3) is 0 Å². The fourth-order valence-electron chi connectivity index (χ4n) is 11.7. The van der Waals surface area contributed by atoms with Gasteiger partial charge in [-0.2, -0.15) is 0 Å². The molecule has 11 rings (SSSR count). The second kappa shape index (κ2) is 15.9. The molecule has 2 heteroatoms. The maximum absolute atomic E-state index is 2.49. The highest BCUT2D eigenvalue weighted by Crippen LogP contribution is 2.56. The molecule has 2 nitrogen and oxygen atoms in total. The molecule has 9 aromatic carbocycles. The van der Waals surface area contributed by atoms with Crippen LogP contribution in [0.5, 0.6) is 0 Å². The zero-order chi connectivity index (χ0) is 43.4. The van der Waals surface area contributed by atoms with Crippen LogP contribution in [0, 0.1) is 0 Å². The number of anilines is 6. The summed E-state index contributed by atoms with van der Waals surface area (Å²) in [6, 6.07) is 76.9. The van der Waals surface area contributed by atoms with Crippen LogP contribution in [0.15, 0.2) is 206 Å². The SMILES string of the molecule is CCC1(CC)c2ccccc2-c2ccc(N(c3ccccc3)c3ccc(-c4cccc5c(N(c6ccccc6)c6ccc7c(c6)C(CC)(CC)c6ccccc6-7)cccc45)cc3)cc21. The van der Waals surface area contributed by atoms with E-state index < -0.39 is 0 Å². The molecule has 0 spiro atoms. The van der Waals surface area contributed by atoms with Crippen molar-refractivity contribution >= 4 is 44.9 Å². The molecule has 2 aliphatic carbocycles. The first-order valence-electron chi connectivity index (χ1n) is 23.3. The van der Waals surface area contributed by atoms with Crippen molar-refractivity contribution in [3.05, 3.63) is 229 Å². The molecule has 0 N–H and O–H groups in total. The van der Waals surface area contributed by atoms with Crippen LogP contribution in [0.4, 0.5) is 34.1 Å². The number of nitrogens with zero attached hydrogens (tertiary/aromatic N) is 2. The van der Waals surface area contributed by atoms with E-state index in [0.717, 1.165) is 42.7 Å². The van der Waals surface area contributed by atoms with Crippen LogP contribution in [-0.4, -0.2) is 0 Å². The number of hydrogen-bond acceptors (Lipinski definition) is 2. The lowest BCUT2D eigenvalue weighted by Gasteiger charge is -2.32. The van der Waals surface area contributed by atoms with E-state index in [1.807, 2.05) is 0 Å². The predicted molar refractivity (Wildman–Crippen MR) is 272 cm³/mol. The highest BCUT2D eigenvalue weighted by Gasteiger charge is 2.42. The fourth-order valence-corrected chi connectivity index (χ4v) is 11.7. The molecule has 0 heterocycles. The van der Waals surface area contributed by atoms with Crippen molar-refractivity contribution in [2.24, 2.45) is 0 Å². The number of hydrogen-bond donors (Lipinski definition) is 0. The Morgan fingerprint density at radius 3 is 1.25 bits per heavy atom. The number of benzene rings is 9. The molecule has 0 radical (unpaired) electrons. The third-order valence-electron chi connectivity index (χ3n) is 15.0. The Bertz CT molecular complexity index is 3160. The number of fused-ring (bicyclic) bond motifs is 7. The normalized spacial score (nSPS) is 13.8. The van der Waals surface area contributed by atoms with Gasteiger partial charge in [0.1, 0.15) is 0 Å². The Kier molecular flexibility index (Phi) is 9.84. The van der Waals surface area contributed by atoms with E-state index >= 15 is 0 Å². The summed E-state index contributed by atoms with van der Waals surface area (Å²) < 4.78 is 0. The van der Waals surface area contributed by atoms with Crippen molar-refractivity contribution in [1.82, 2.24) is 0 Å². The van der Waals surface area contributed by atoms with Crippen LogP contribution in [0.1, 0.15) is 75.6 Å². The molecule has 0 amide bonds. The van der Waals surface area contributed by atoms with Crippen LogP contribution in [-0.2, 0) is 10.8 Å². The fraction of sp³-hybridized carbons (Fsp3) is 0.161. The van der Waals surface area contributed by atoms with Gasteiger partial charge >= 0.3 is 0 Å². The van der Waals surface area contributed by atoms with Crippen molar-refractivity contribution in [3.8, 4) is 33.4 Å². The summed E-state index contributed by atoms with van der Waals surface area (Å²) in [6.45, 7) is 9.40. The van der Waals surface area contributed by atoms with Crippen LogP contribution in [0.2, 0.25) is 0 Å². The lowest BCUT2D eigenvalue weighted by Crippen LogP contribution is -2.23. The summed E-state index contributed by atoms with van der Waals surface area (Å²) in [5, 5.41) is 2.45. The minimum atomic E-state index is -0.0134. The molecule has 312 valence electrons. The highest BCUT2D eigenvalue weighted by atomic mass is 15.1. The molecule has 2 aliphatic rings. The van der Waals surface area contributed by atoms with Crippen LogP contribution < -0.4 is 9.80 Å². The van der Waals surface area contributed by atoms with Gasteiger partial charge in [0, 0.05) is 44.7 Å². The molecule has 0 fully saturated rings. The van der Waals surface area contributed by atoms with Gasteiger partial charge in [-0.1, -0.05) is 167 Å². The molecular weight excluding hydrogens is 773 g/mol. The van der Waals surface area contributed by atoms with Gasteiger partial charge in [-0.3, -0.25) is 0 Å². The van der Waals surface area contributed by atoms with Gasteiger partial charge in [0.05, 0.1) is 5.69 Å². The Balaban J connectivity index is 1.00. The second-order valence-corrected chi connectivity index (χ2v) is 17.7. The molecule has 0 bridgehead atoms. The average Bonchev–Trinajstić information content (AvgIpc) is 3.81. The molecule has 0 aliphatic heterocycles. The number of rotatable bonds is 11.